The van der Waals surface area contributed by atoms with Crippen molar-refractivity contribution in [1.82, 2.24) is 0 Å². The van der Waals surface area contributed by atoms with Gasteiger partial charge in [0.2, 0.25) is 0 Å². The Labute approximate surface area is 192 Å². The van der Waals surface area contributed by atoms with Crippen molar-refractivity contribution in [2.75, 3.05) is 6.61 Å². The third-order valence-electron chi connectivity index (χ3n) is 5.49. The predicted molar refractivity (Wildman–Crippen MR) is 133 cm³/mol. The fourth-order valence-corrected chi connectivity index (χ4v) is 3.51. The van der Waals surface area contributed by atoms with Crippen LogP contribution in [0.1, 0.15) is 94.0 Å². The van der Waals surface area contributed by atoms with Crippen LogP contribution in [-0.4, -0.2) is 18.2 Å². The predicted octanol–water partition coefficient (Wildman–Crippen LogP) is 5.61. The summed E-state index contributed by atoms with van der Waals surface area (Å²) in [5, 5.41) is 7.77. The molecule has 0 atom stereocenters. The number of hydrogen-bond donors (Lipinski definition) is 2. The number of hydrogen-bond acceptors (Lipinski definition) is 5. The Kier molecular flexibility index (Phi) is 9.12. The summed E-state index contributed by atoms with van der Waals surface area (Å²) in [5.74, 6) is 7.36. The molecule has 0 aliphatic rings. The summed E-state index contributed by atoms with van der Waals surface area (Å²) in [6.07, 6.45) is 0. The van der Waals surface area contributed by atoms with Crippen LogP contribution in [0.25, 0.3) is 0 Å². The van der Waals surface area contributed by atoms with Crippen molar-refractivity contribution in [3.8, 4) is 5.75 Å². The molecule has 6 nitrogen and oxygen atoms in total. The molecule has 0 amide bonds. The van der Waals surface area contributed by atoms with Gasteiger partial charge >= 0.3 is 0 Å². The van der Waals surface area contributed by atoms with Crippen LogP contribution < -0.4 is 16.3 Å². The second-order valence-corrected chi connectivity index (χ2v) is 9.03. The van der Waals surface area contributed by atoms with E-state index in [9.17, 15) is 0 Å². The maximum absolute atomic E-state index is 5.85. The lowest BCUT2D eigenvalue weighted by Gasteiger charge is -2.22. The topological polar surface area (TPSA) is 95.2 Å². The van der Waals surface area contributed by atoms with Crippen molar-refractivity contribution in [3.63, 3.8) is 0 Å². The molecule has 2 rings (SSSR count). The van der Waals surface area contributed by atoms with Gasteiger partial charge in [0.15, 0.2) is 5.84 Å². The SMILES string of the molecule is C/C(=N\OCc1c(C(C)C)cc(C(C)C)cc1C(C)C)c1ccc(OC/C(N)=N/N)cc1. The zero-order chi connectivity index (χ0) is 23.8. The molecule has 0 saturated carbocycles. The number of nitrogens with two attached hydrogens (primary N) is 2. The van der Waals surface area contributed by atoms with Gasteiger partial charge in [-0.1, -0.05) is 58.8 Å². The zero-order valence-electron chi connectivity index (χ0n) is 20.5. The normalized spacial score (nSPS) is 12.7. The number of ether oxygens (including phenoxy) is 1. The van der Waals surface area contributed by atoms with E-state index in [1.165, 1.54) is 22.3 Å². The first kappa shape index (κ1) is 25.2. The zero-order valence-corrected chi connectivity index (χ0v) is 20.5. The van der Waals surface area contributed by atoms with E-state index in [0.717, 1.165) is 11.3 Å². The molecular formula is C26H38N4O2. The van der Waals surface area contributed by atoms with Gasteiger partial charge in [-0.05, 0) is 76.8 Å². The average Bonchev–Trinajstić information content (AvgIpc) is 2.76. The largest absolute Gasteiger partial charge is 0.486 e. The van der Waals surface area contributed by atoms with Gasteiger partial charge in [0, 0.05) is 0 Å². The van der Waals surface area contributed by atoms with Crippen LogP contribution in [0.4, 0.5) is 0 Å². The molecule has 0 spiro atoms. The summed E-state index contributed by atoms with van der Waals surface area (Å²) in [5.41, 5.74) is 12.6. The van der Waals surface area contributed by atoms with Crippen LogP contribution in [-0.2, 0) is 11.4 Å². The molecule has 0 bridgehead atoms. The Balaban J connectivity index is 2.17. The molecule has 2 aromatic carbocycles. The molecule has 0 aliphatic heterocycles. The molecule has 0 unspecified atom stereocenters. The Hall–Kier alpha value is -3.02. The number of rotatable bonds is 10. The average molecular weight is 439 g/mol. The van der Waals surface area contributed by atoms with Gasteiger partial charge in [0.25, 0.3) is 0 Å². The minimum absolute atomic E-state index is 0.151. The highest BCUT2D eigenvalue weighted by Gasteiger charge is 2.17. The molecule has 4 N–H and O–H groups in total. The summed E-state index contributed by atoms with van der Waals surface area (Å²) in [7, 11) is 0. The van der Waals surface area contributed by atoms with E-state index >= 15 is 0 Å². The number of oxime groups is 1. The van der Waals surface area contributed by atoms with Crippen LogP contribution in [0, 0.1) is 0 Å². The standard InChI is InChI=1S/C26H38N4O2/c1-16(2)21-12-23(17(3)4)25(24(13-21)18(5)6)14-32-30-19(7)20-8-10-22(11-9-20)31-15-26(27)29-28/h8-13,16-18H,14-15,28H2,1-7H3,(H2,27,29)/b30-19+. The molecule has 0 fully saturated rings. The van der Waals surface area contributed by atoms with Crippen LogP contribution in [0.3, 0.4) is 0 Å². The summed E-state index contributed by atoms with van der Waals surface area (Å²) in [4.78, 5) is 5.85. The monoisotopic (exact) mass is 438 g/mol. The van der Waals surface area contributed by atoms with Crippen LogP contribution in [0.5, 0.6) is 5.75 Å². The lowest BCUT2D eigenvalue weighted by Crippen LogP contribution is -2.22. The smallest absolute Gasteiger partial charge is 0.157 e. The Bertz CT molecular complexity index is 916. The Morgan fingerprint density at radius 3 is 1.94 bits per heavy atom. The Morgan fingerprint density at radius 1 is 0.906 bits per heavy atom. The van der Waals surface area contributed by atoms with E-state index in [4.69, 9.17) is 21.2 Å². The third kappa shape index (κ3) is 6.74. The molecule has 0 saturated heterocycles. The first-order chi connectivity index (χ1) is 15.1. The highest BCUT2D eigenvalue weighted by atomic mass is 16.6. The van der Waals surface area contributed by atoms with Gasteiger partial charge in [-0.3, -0.25) is 0 Å². The maximum atomic E-state index is 5.85. The molecule has 2 aromatic rings. The molecule has 174 valence electrons. The van der Waals surface area contributed by atoms with E-state index < -0.39 is 0 Å². The van der Waals surface area contributed by atoms with Gasteiger partial charge in [-0.25, -0.2) is 0 Å². The van der Waals surface area contributed by atoms with E-state index in [2.05, 4.69) is 63.9 Å². The summed E-state index contributed by atoms with van der Waals surface area (Å²) in [6, 6.07) is 12.2. The quantitative estimate of drug-likeness (QED) is 0.218. The molecule has 0 radical (unpaired) electrons. The second-order valence-electron chi connectivity index (χ2n) is 9.03. The van der Waals surface area contributed by atoms with E-state index in [1.54, 1.807) is 0 Å². The molecule has 6 heteroatoms. The number of benzene rings is 2. The highest BCUT2D eigenvalue weighted by molar-refractivity contribution is 5.98. The van der Waals surface area contributed by atoms with Crippen LogP contribution in [0.15, 0.2) is 46.7 Å². The van der Waals surface area contributed by atoms with Gasteiger partial charge in [-0.15, -0.1) is 0 Å². The van der Waals surface area contributed by atoms with Crippen molar-refractivity contribution < 1.29 is 9.57 Å². The first-order valence-electron chi connectivity index (χ1n) is 11.2. The summed E-state index contributed by atoms with van der Waals surface area (Å²) >= 11 is 0. The van der Waals surface area contributed by atoms with Crippen LogP contribution in [0.2, 0.25) is 0 Å². The third-order valence-corrected chi connectivity index (χ3v) is 5.49. The lowest BCUT2D eigenvalue weighted by molar-refractivity contribution is 0.129. The van der Waals surface area contributed by atoms with Crippen molar-refractivity contribution in [2.24, 2.45) is 21.8 Å². The molecule has 0 aromatic heterocycles. The Morgan fingerprint density at radius 2 is 1.47 bits per heavy atom. The van der Waals surface area contributed by atoms with E-state index in [-0.39, 0.29) is 12.4 Å². The molecular weight excluding hydrogens is 400 g/mol. The van der Waals surface area contributed by atoms with Crippen molar-refractivity contribution in [2.45, 2.75) is 72.8 Å². The number of nitrogens with zero attached hydrogens (tertiary/aromatic N) is 2. The lowest BCUT2D eigenvalue weighted by atomic mass is 9.85. The second kappa shape index (κ2) is 11.6. The number of hydrazone groups is 1. The number of amidine groups is 1. The maximum Gasteiger partial charge on any atom is 0.157 e. The summed E-state index contributed by atoms with van der Waals surface area (Å²) < 4.78 is 5.52. The molecule has 0 heterocycles. The van der Waals surface area contributed by atoms with Gasteiger partial charge < -0.3 is 21.2 Å². The van der Waals surface area contributed by atoms with E-state index in [1.807, 2.05) is 31.2 Å². The van der Waals surface area contributed by atoms with Crippen molar-refractivity contribution in [1.29, 1.82) is 0 Å². The highest BCUT2D eigenvalue weighted by Crippen LogP contribution is 2.32. The van der Waals surface area contributed by atoms with Crippen molar-refractivity contribution in [3.05, 3.63) is 64.2 Å². The van der Waals surface area contributed by atoms with Gasteiger partial charge in [0.05, 0.1) is 5.71 Å². The molecule has 32 heavy (non-hydrogen) atoms. The minimum atomic E-state index is 0.151. The summed E-state index contributed by atoms with van der Waals surface area (Å²) in [6.45, 7) is 16.0. The molecule has 0 aliphatic carbocycles. The van der Waals surface area contributed by atoms with E-state index in [0.29, 0.717) is 30.1 Å². The fourth-order valence-electron chi connectivity index (χ4n) is 3.51. The van der Waals surface area contributed by atoms with Gasteiger partial charge in [-0.2, -0.15) is 5.10 Å². The first-order valence-corrected chi connectivity index (χ1v) is 11.2. The van der Waals surface area contributed by atoms with Crippen LogP contribution >= 0.6 is 0 Å². The fraction of sp³-hybridized carbons (Fsp3) is 0.462. The van der Waals surface area contributed by atoms with Crippen molar-refractivity contribution >= 4 is 11.5 Å². The minimum Gasteiger partial charge on any atom is -0.486 e. The van der Waals surface area contributed by atoms with Gasteiger partial charge in [0.1, 0.15) is 19.0 Å².